The molecule has 2 rings (SSSR count). The molecular weight excluding hydrogens is 422 g/mol. The lowest BCUT2D eigenvalue weighted by molar-refractivity contribution is 0.0635. The number of amides is 1. The van der Waals surface area contributed by atoms with E-state index in [1.165, 1.54) is 44.6 Å². The summed E-state index contributed by atoms with van der Waals surface area (Å²) in [5, 5.41) is 11.4. The first-order chi connectivity index (χ1) is 14.5. The number of hydrogen-bond donors (Lipinski definition) is 2. The Kier molecular flexibility index (Phi) is 7.55. The SMILES string of the molecule is COc1ccc(NC(=O)OC(C)(C)C)c(S(=O)(=O)c2cccc(C#CCO)c2)c1OC. The number of rotatable bonds is 5. The predicted octanol–water partition coefficient (Wildman–Crippen LogP) is 3.23. The maximum atomic E-state index is 13.6. The van der Waals surface area contributed by atoms with Crippen molar-refractivity contribution in [3.05, 3.63) is 42.0 Å². The molecule has 2 N–H and O–H groups in total. The molecule has 0 fully saturated rings. The number of carbonyl (C=O) groups is 1. The van der Waals surface area contributed by atoms with Gasteiger partial charge in [-0.15, -0.1) is 0 Å². The summed E-state index contributed by atoms with van der Waals surface area (Å²) in [6.45, 7) is 4.72. The van der Waals surface area contributed by atoms with Gasteiger partial charge in [0.1, 0.15) is 17.1 Å². The van der Waals surface area contributed by atoms with Crippen LogP contribution in [0.15, 0.2) is 46.2 Å². The minimum Gasteiger partial charge on any atom is -0.493 e. The van der Waals surface area contributed by atoms with Gasteiger partial charge in [-0.1, -0.05) is 17.9 Å². The van der Waals surface area contributed by atoms with Gasteiger partial charge in [-0.2, -0.15) is 0 Å². The van der Waals surface area contributed by atoms with E-state index in [2.05, 4.69) is 17.2 Å². The summed E-state index contributed by atoms with van der Waals surface area (Å²) in [6, 6.07) is 8.79. The van der Waals surface area contributed by atoms with Crippen molar-refractivity contribution in [2.24, 2.45) is 0 Å². The molecule has 31 heavy (non-hydrogen) atoms. The van der Waals surface area contributed by atoms with Crippen LogP contribution >= 0.6 is 0 Å². The van der Waals surface area contributed by atoms with E-state index in [4.69, 9.17) is 19.3 Å². The third kappa shape index (κ3) is 5.90. The summed E-state index contributed by atoms with van der Waals surface area (Å²) in [6.07, 6.45) is -0.821. The second-order valence-corrected chi connectivity index (χ2v) is 9.18. The second kappa shape index (κ2) is 9.73. The molecule has 0 unspecified atom stereocenters. The highest BCUT2D eigenvalue weighted by molar-refractivity contribution is 7.91. The molecule has 9 heteroatoms. The van der Waals surface area contributed by atoms with E-state index < -0.39 is 21.5 Å². The van der Waals surface area contributed by atoms with Gasteiger partial charge in [0, 0.05) is 5.56 Å². The van der Waals surface area contributed by atoms with E-state index in [0.717, 1.165) is 0 Å². The molecule has 0 aliphatic carbocycles. The van der Waals surface area contributed by atoms with Crippen LogP contribution in [0.1, 0.15) is 26.3 Å². The lowest BCUT2D eigenvalue weighted by Gasteiger charge is -2.21. The zero-order valence-corrected chi connectivity index (χ0v) is 18.8. The molecule has 0 aliphatic rings. The Hall–Kier alpha value is -3.22. The molecule has 0 spiro atoms. The summed E-state index contributed by atoms with van der Waals surface area (Å²) in [4.78, 5) is 12.0. The first-order valence-electron chi connectivity index (χ1n) is 9.23. The third-order valence-corrected chi connectivity index (χ3v) is 5.68. The van der Waals surface area contributed by atoms with E-state index in [1.54, 1.807) is 26.8 Å². The smallest absolute Gasteiger partial charge is 0.412 e. The van der Waals surface area contributed by atoms with Crippen LogP contribution < -0.4 is 14.8 Å². The number of carbonyl (C=O) groups excluding carboxylic acids is 1. The largest absolute Gasteiger partial charge is 0.493 e. The van der Waals surface area contributed by atoms with Crippen LogP contribution in [0.2, 0.25) is 0 Å². The average Bonchev–Trinajstić information content (AvgIpc) is 2.70. The molecule has 0 atom stereocenters. The Morgan fingerprint density at radius 3 is 2.42 bits per heavy atom. The summed E-state index contributed by atoms with van der Waals surface area (Å²) in [5.74, 6) is 5.25. The highest BCUT2D eigenvalue weighted by Gasteiger charge is 2.30. The molecule has 0 heterocycles. The van der Waals surface area contributed by atoms with Crippen molar-refractivity contribution in [2.75, 3.05) is 26.1 Å². The fraction of sp³-hybridized carbons (Fsp3) is 0.318. The number of benzene rings is 2. The number of anilines is 1. The van der Waals surface area contributed by atoms with Crippen molar-refractivity contribution < 1.29 is 32.5 Å². The van der Waals surface area contributed by atoms with Crippen LogP contribution in [-0.2, 0) is 14.6 Å². The summed E-state index contributed by atoms with van der Waals surface area (Å²) in [7, 11) is -1.51. The molecule has 0 radical (unpaired) electrons. The number of ether oxygens (including phenoxy) is 3. The summed E-state index contributed by atoms with van der Waals surface area (Å²) in [5.41, 5.74) is -0.406. The summed E-state index contributed by atoms with van der Waals surface area (Å²) >= 11 is 0. The number of sulfone groups is 1. The minimum atomic E-state index is -4.19. The zero-order valence-electron chi connectivity index (χ0n) is 18.0. The standard InChI is InChI=1S/C22H25NO7S/c1-22(2,3)30-21(25)23-17-11-12-18(28-4)19(29-5)20(17)31(26,27)16-10-6-8-15(14-16)9-7-13-24/h6,8,10-12,14,24H,13H2,1-5H3,(H,23,25). The Balaban J connectivity index is 2.68. The fourth-order valence-corrected chi connectivity index (χ4v) is 4.29. The average molecular weight is 448 g/mol. The number of methoxy groups -OCH3 is 2. The Bertz CT molecular complexity index is 1120. The molecule has 2 aromatic rings. The minimum absolute atomic E-state index is 0.0289. The highest BCUT2D eigenvalue weighted by Crippen LogP contribution is 2.42. The van der Waals surface area contributed by atoms with Gasteiger partial charge in [0.15, 0.2) is 11.5 Å². The monoisotopic (exact) mass is 447 g/mol. The van der Waals surface area contributed by atoms with Gasteiger partial charge >= 0.3 is 6.09 Å². The lowest BCUT2D eigenvalue weighted by atomic mass is 10.2. The topological polar surface area (TPSA) is 111 Å². The first kappa shape index (κ1) is 24.1. The third-order valence-electron chi connectivity index (χ3n) is 3.86. The van der Waals surface area contributed by atoms with E-state index in [-0.39, 0.29) is 33.6 Å². The Labute approximate surface area is 182 Å². The first-order valence-corrected chi connectivity index (χ1v) is 10.7. The predicted molar refractivity (Wildman–Crippen MR) is 115 cm³/mol. The normalized spacial score (nSPS) is 11.2. The Morgan fingerprint density at radius 1 is 1.13 bits per heavy atom. The van der Waals surface area contributed by atoms with Crippen molar-refractivity contribution in [2.45, 2.75) is 36.2 Å². The fourth-order valence-electron chi connectivity index (χ4n) is 2.68. The van der Waals surface area contributed by atoms with Gasteiger partial charge in [0.05, 0.1) is 24.8 Å². The van der Waals surface area contributed by atoms with Gasteiger partial charge in [0.25, 0.3) is 0 Å². The molecule has 2 aromatic carbocycles. The lowest BCUT2D eigenvalue weighted by Crippen LogP contribution is -2.27. The Morgan fingerprint density at radius 2 is 1.84 bits per heavy atom. The van der Waals surface area contributed by atoms with E-state index >= 15 is 0 Å². The molecule has 1 amide bonds. The molecule has 166 valence electrons. The maximum Gasteiger partial charge on any atom is 0.412 e. The molecule has 0 aromatic heterocycles. The molecule has 8 nitrogen and oxygen atoms in total. The zero-order chi connectivity index (χ0) is 23.2. The highest BCUT2D eigenvalue weighted by atomic mass is 32.2. The molecule has 0 saturated heterocycles. The van der Waals surface area contributed by atoms with Gasteiger partial charge < -0.3 is 19.3 Å². The quantitative estimate of drug-likeness (QED) is 0.677. The van der Waals surface area contributed by atoms with Crippen molar-refractivity contribution in [1.29, 1.82) is 0 Å². The molecule has 0 bridgehead atoms. The number of hydrogen-bond acceptors (Lipinski definition) is 7. The summed E-state index contributed by atoms with van der Waals surface area (Å²) < 4.78 is 43.0. The maximum absolute atomic E-state index is 13.6. The van der Waals surface area contributed by atoms with Gasteiger partial charge in [-0.05, 0) is 51.1 Å². The van der Waals surface area contributed by atoms with Crippen LogP contribution in [0.25, 0.3) is 0 Å². The van der Waals surface area contributed by atoms with Crippen LogP contribution in [0.3, 0.4) is 0 Å². The van der Waals surface area contributed by atoms with E-state index in [0.29, 0.717) is 5.56 Å². The number of nitrogens with one attached hydrogen (secondary N) is 1. The molecular formula is C22H25NO7S. The van der Waals surface area contributed by atoms with Crippen molar-refractivity contribution in [3.63, 3.8) is 0 Å². The molecule has 0 aliphatic heterocycles. The van der Waals surface area contributed by atoms with Crippen LogP contribution in [-0.4, -0.2) is 46.0 Å². The van der Waals surface area contributed by atoms with Gasteiger partial charge in [-0.25, -0.2) is 13.2 Å². The van der Waals surface area contributed by atoms with Gasteiger partial charge in [-0.3, -0.25) is 5.32 Å². The van der Waals surface area contributed by atoms with Crippen LogP contribution in [0.5, 0.6) is 11.5 Å². The second-order valence-electron chi connectivity index (χ2n) is 7.30. The van der Waals surface area contributed by atoms with Crippen molar-refractivity contribution in [1.82, 2.24) is 0 Å². The van der Waals surface area contributed by atoms with Crippen molar-refractivity contribution in [3.8, 4) is 23.3 Å². The van der Waals surface area contributed by atoms with Crippen LogP contribution in [0.4, 0.5) is 10.5 Å². The van der Waals surface area contributed by atoms with E-state index in [9.17, 15) is 13.2 Å². The molecule has 0 saturated carbocycles. The number of aliphatic hydroxyl groups excluding tert-OH is 1. The van der Waals surface area contributed by atoms with Crippen molar-refractivity contribution >= 4 is 21.6 Å². The van der Waals surface area contributed by atoms with Gasteiger partial charge in [0.2, 0.25) is 9.84 Å². The number of aliphatic hydroxyl groups is 1. The van der Waals surface area contributed by atoms with E-state index in [1.807, 2.05) is 0 Å². The van der Waals surface area contributed by atoms with Crippen LogP contribution in [0, 0.1) is 11.8 Å².